The summed E-state index contributed by atoms with van der Waals surface area (Å²) in [6.07, 6.45) is 0.183. The van der Waals surface area contributed by atoms with Crippen LogP contribution in [0.15, 0.2) is 65.4 Å². The van der Waals surface area contributed by atoms with Crippen LogP contribution in [-0.4, -0.2) is 65.7 Å². The van der Waals surface area contributed by atoms with Gasteiger partial charge in [-0.15, -0.1) is 22.7 Å². The van der Waals surface area contributed by atoms with E-state index in [9.17, 15) is 18.8 Å². The van der Waals surface area contributed by atoms with Crippen LogP contribution in [0.1, 0.15) is 21.7 Å². The predicted octanol–water partition coefficient (Wildman–Crippen LogP) is 3.78. The number of nitrogens with one attached hydrogen (secondary N) is 2. The Bertz CT molecular complexity index is 1650. The van der Waals surface area contributed by atoms with Crippen molar-refractivity contribution in [1.29, 1.82) is 0 Å². The van der Waals surface area contributed by atoms with Crippen molar-refractivity contribution >= 4 is 46.2 Å². The summed E-state index contributed by atoms with van der Waals surface area (Å²) in [5, 5.41) is 10.1. The zero-order valence-electron chi connectivity index (χ0n) is 23.3. The van der Waals surface area contributed by atoms with Crippen LogP contribution in [0.5, 0.6) is 11.5 Å². The lowest BCUT2D eigenvalue weighted by molar-refractivity contribution is -0.152. The summed E-state index contributed by atoms with van der Waals surface area (Å²) >= 11 is 2.93. The van der Waals surface area contributed by atoms with Gasteiger partial charge >= 0.3 is 0 Å². The number of hydrogen-bond acceptors (Lipinski definition) is 10. The molecule has 4 N–H and O–H groups in total. The molecule has 1 spiro atoms. The van der Waals surface area contributed by atoms with Gasteiger partial charge < -0.3 is 35.5 Å². The molecule has 4 heterocycles. The van der Waals surface area contributed by atoms with E-state index in [1.165, 1.54) is 51.8 Å². The summed E-state index contributed by atoms with van der Waals surface area (Å²) in [5.41, 5.74) is 6.98. The third kappa shape index (κ3) is 6.73. The molecule has 2 aromatic carbocycles. The van der Waals surface area contributed by atoms with Gasteiger partial charge in [0.15, 0.2) is 5.79 Å². The number of nitrogen functional groups attached to an aromatic ring is 1. The minimum Gasteiger partial charge on any atom is -0.457 e. The van der Waals surface area contributed by atoms with E-state index in [1.807, 2.05) is 11.4 Å². The van der Waals surface area contributed by atoms with E-state index in [1.54, 1.807) is 29.6 Å². The maximum absolute atomic E-state index is 13.3. The van der Waals surface area contributed by atoms with E-state index in [0.717, 1.165) is 15.4 Å². The van der Waals surface area contributed by atoms with Crippen LogP contribution in [0.2, 0.25) is 0 Å². The second kappa shape index (κ2) is 12.7. The molecule has 0 saturated carbocycles. The standard InChI is InChI=1S/C30H28FN5O6S2/c31-20-3-7-22(8-4-20)42-21-5-1-18(2-6-21)27(38)34-14-26(37)36-17-30(40-9-10-41-30)12-24(36)28(39)33-13-23-11-19(15-43-23)29-35-25(32)16-44-29/h1-8,11,15-16,24H,9-10,12-14,17,32H2,(H,33,39)(H,34,38)/t24-/m0/s1. The highest BCUT2D eigenvalue weighted by Crippen LogP contribution is 2.35. The number of carbonyl (C=O) groups excluding carboxylic acids is 3. The van der Waals surface area contributed by atoms with Gasteiger partial charge in [0.05, 0.1) is 32.8 Å². The summed E-state index contributed by atoms with van der Waals surface area (Å²) in [6, 6.07) is 13.0. The Morgan fingerprint density at radius 3 is 2.41 bits per heavy atom. The molecule has 0 unspecified atom stereocenters. The smallest absolute Gasteiger partial charge is 0.251 e. The first-order valence-electron chi connectivity index (χ1n) is 13.7. The number of halogens is 1. The number of anilines is 1. The van der Waals surface area contributed by atoms with Crippen molar-refractivity contribution in [3.05, 3.63) is 81.6 Å². The number of nitrogens with zero attached hydrogens (tertiary/aromatic N) is 2. The van der Waals surface area contributed by atoms with Crippen molar-refractivity contribution in [2.24, 2.45) is 0 Å². The van der Waals surface area contributed by atoms with Gasteiger partial charge in [-0.3, -0.25) is 14.4 Å². The number of likely N-dealkylation sites (tertiary alicyclic amines) is 1. The second-order valence-electron chi connectivity index (χ2n) is 10.2. The Labute approximate surface area is 259 Å². The van der Waals surface area contributed by atoms with Crippen LogP contribution in [0.4, 0.5) is 10.2 Å². The molecule has 2 aliphatic rings. The minimum atomic E-state index is -1.05. The van der Waals surface area contributed by atoms with Crippen molar-refractivity contribution in [2.45, 2.75) is 24.8 Å². The Morgan fingerprint density at radius 2 is 1.73 bits per heavy atom. The van der Waals surface area contributed by atoms with E-state index < -0.39 is 23.6 Å². The first-order valence-corrected chi connectivity index (χ1v) is 15.5. The van der Waals surface area contributed by atoms with Crippen LogP contribution in [0, 0.1) is 5.82 Å². The van der Waals surface area contributed by atoms with E-state index in [0.29, 0.717) is 36.1 Å². The topological polar surface area (TPSA) is 145 Å². The zero-order chi connectivity index (χ0) is 30.7. The Balaban J connectivity index is 1.05. The molecule has 2 fully saturated rings. The average molecular weight is 638 g/mol. The van der Waals surface area contributed by atoms with Crippen LogP contribution in [0.3, 0.4) is 0 Å². The van der Waals surface area contributed by atoms with Crippen LogP contribution in [0.25, 0.3) is 10.6 Å². The molecule has 6 rings (SSSR count). The van der Waals surface area contributed by atoms with Crippen LogP contribution < -0.4 is 21.1 Å². The van der Waals surface area contributed by atoms with E-state index in [-0.39, 0.29) is 37.8 Å². The Morgan fingerprint density at radius 1 is 1.02 bits per heavy atom. The molecule has 3 amide bonds. The highest BCUT2D eigenvalue weighted by molar-refractivity contribution is 7.14. The molecular formula is C30H28FN5O6S2. The third-order valence-electron chi connectivity index (χ3n) is 7.15. The number of thiazole rings is 1. The molecule has 14 heteroatoms. The van der Waals surface area contributed by atoms with Gasteiger partial charge in [-0.2, -0.15) is 0 Å². The minimum absolute atomic E-state index is 0.0732. The summed E-state index contributed by atoms with van der Waals surface area (Å²) in [6.45, 7) is 0.761. The summed E-state index contributed by atoms with van der Waals surface area (Å²) in [5.74, 6) is -1.30. The fraction of sp³-hybridized carbons (Fsp3) is 0.267. The number of thiophene rings is 1. The van der Waals surface area contributed by atoms with Crippen molar-refractivity contribution in [2.75, 3.05) is 32.0 Å². The van der Waals surface area contributed by atoms with Crippen molar-refractivity contribution in [3.63, 3.8) is 0 Å². The molecule has 228 valence electrons. The Kier molecular flexibility index (Phi) is 8.57. The lowest BCUT2D eigenvalue weighted by atomic mass is 10.1. The zero-order valence-corrected chi connectivity index (χ0v) is 24.9. The van der Waals surface area contributed by atoms with Gasteiger partial charge in [-0.1, -0.05) is 0 Å². The van der Waals surface area contributed by atoms with Crippen molar-refractivity contribution < 1.29 is 33.0 Å². The first kappa shape index (κ1) is 29.7. The monoisotopic (exact) mass is 637 g/mol. The first-order chi connectivity index (χ1) is 21.3. The molecule has 2 aromatic heterocycles. The van der Waals surface area contributed by atoms with Gasteiger partial charge in [0.2, 0.25) is 11.8 Å². The van der Waals surface area contributed by atoms with E-state index >= 15 is 0 Å². The highest BCUT2D eigenvalue weighted by Gasteiger charge is 2.52. The Hall–Kier alpha value is -4.37. The normalized spacial score (nSPS) is 17.1. The quantitative estimate of drug-likeness (QED) is 0.252. The second-order valence-corrected chi connectivity index (χ2v) is 12.1. The molecule has 0 aliphatic carbocycles. The van der Waals surface area contributed by atoms with E-state index in [4.69, 9.17) is 19.9 Å². The maximum atomic E-state index is 13.3. The number of amides is 3. The molecular weight excluding hydrogens is 609 g/mol. The fourth-order valence-electron chi connectivity index (χ4n) is 5.01. The molecule has 4 aromatic rings. The molecule has 0 bridgehead atoms. The number of rotatable bonds is 9. The SMILES string of the molecule is Nc1csc(-c2csc(CNC(=O)[C@@H]3CC4(CN3C(=O)CNC(=O)c3ccc(Oc5ccc(F)cc5)cc3)OCCO4)c2)n1. The molecule has 1 atom stereocenters. The van der Waals surface area contributed by atoms with Gasteiger partial charge in [-0.25, -0.2) is 9.37 Å². The van der Waals surface area contributed by atoms with Crippen molar-refractivity contribution in [3.8, 4) is 22.1 Å². The number of carbonyl (C=O) groups is 3. The number of ether oxygens (including phenoxy) is 3. The molecule has 2 saturated heterocycles. The van der Waals surface area contributed by atoms with Gasteiger partial charge in [0, 0.05) is 33.2 Å². The molecule has 2 aliphatic heterocycles. The number of benzene rings is 2. The molecule has 0 radical (unpaired) electrons. The van der Waals surface area contributed by atoms with Crippen LogP contribution in [-0.2, 0) is 25.6 Å². The molecule has 11 nitrogen and oxygen atoms in total. The molecule has 44 heavy (non-hydrogen) atoms. The van der Waals surface area contributed by atoms with Gasteiger partial charge in [-0.05, 0) is 54.6 Å². The van der Waals surface area contributed by atoms with Gasteiger partial charge in [0.25, 0.3) is 5.91 Å². The summed E-state index contributed by atoms with van der Waals surface area (Å²) in [4.78, 5) is 46.1. The lowest BCUT2D eigenvalue weighted by Gasteiger charge is -2.24. The third-order valence-corrected chi connectivity index (χ3v) is 9.00. The maximum Gasteiger partial charge on any atom is 0.251 e. The van der Waals surface area contributed by atoms with Gasteiger partial charge in [0.1, 0.15) is 34.2 Å². The van der Waals surface area contributed by atoms with E-state index in [2.05, 4.69) is 15.6 Å². The number of hydrogen-bond donors (Lipinski definition) is 3. The number of nitrogens with two attached hydrogens (primary N) is 1. The summed E-state index contributed by atoms with van der Waals surface area (Å²) < 4.78 is 30.4. The lowest BCUT2D eigenvalue weighted by Crippen LogP contribution is -2.49. The largest absolute Gasteiger partial charge is 0.457 e. The van der Waals surface area contributed by atoms with Crippen LogP contribution >= 0.6 is 22.7 Å². The average Bonchev–Trinajstić information content (AvgIpc) is 3.84. The highest BCUT2D eigenvalue weighted by atomic mass is 32.1. The predicted molar refractivity (Wildman–Crippen MR) is 162 cm³/mol. The fourth-order valence-corrected chi connectivity index (χ4v) is 6.59. The summed E-state index contributed by atoms with van der Waals surface area (Å²) in [7, 11) is 0. The number of aromatic nitrogens is 1. The van der Waals surface area contributed by atoms with Crippen molar-refractivity contribution in [1.82, 2.24) is 20.5 Å².